The first-order chi connectivity index (χ1) is 9.60. The van der Waals surface area contributed by atoms with E-state index in [1.165, 1.54) is 15.9 Å². The second-order valence-corrected chi connectivity index (χ2v) is 6.26. The molecular weight excluding hydrogens is 276 g/mol. The van der Waals surface area contributed by atoms with Gasteiger partial charge in [-0.1, -0.05) is 6.92 Å². The molecule has 0 spiro atoms. The number of hydrogen-bond donors (Lipinski definition) is 0. The standard InChI is InChI=1S/C14H16N2O3S/c1-3-6-15-13-11(8(2)10(7-17)20-13)12(18)16(14(15)19)9-4-5-9/h7,9H,3-6H2,1-2H3. The van der Waals surface area contributed by atoms with E-state index in [1.807, 2.05) is 6.92 Å². The van der Waals surface area contributed by atoms with Gasteiger partial charge in [0.15, 0.2) is 6.29 Å². The van der Waals surface area contributed by atoms with Crippen LogP contribution in [-0.4, -0.2) is 15.4 Å². The van der Waals surface area contributed by atoms with Gasteiger partial charge < -0.3 is 0 Å². The molecule has 6 heteroatoms. The minimum Gasteiger partial charge on any atom is -0.297 e. The zero-order valence-corrected chi connectivity index (χ0v) is 12.3. The molecular formula is C14H16N2O3S. The molecule has 2 aromatic heterocycles. The van der Waals surface area contributed by atoms with Crippen LogP contribution in [-0.2, 0) is 6.54 Å². The molecule has 0 atom stereocenters. The van der Waals surface area contributed by atoms with Crippen LogP contribution < -0.4 is 11.2 Å². The molecule has 1 saturated carbocycles. The van der Waals surface area contributed by atoms with E-state index in [-0.39, 0.29) is 17.3 Å². The molecule has 106 valence electrons. The number of hydrogen-bond acceptors (Lipinski definition) is 4. The molecule has 0 unspecified atom stereocenters. The van der Waals surface area contributed by atoms with Crippen molar-refractivity contribution in [3.8, 4) is 0 Å². The highest BCUT2D eigenvalue weighted by molar-refractivity contribution is 7.20. The van der Waals surface area contributed by atoms with E-state index >= 15 is 0 Å². The van der Waals surface area contributed by atoms with Crippen molar-refractivity contribution >= 4 is 27.8 Å². The summed E-state index contributed by atoms with van der Waals surface area (Å²) in [5, 5.41) is 0.539. The van der Waals surface area contributed by atoms with Crippen molar-refractivity contribution in [2.45, 2.75) is 45.7 Å². The number of fused-ring (bicyclic) bond motifs is 1. The van der Waals surface area contributed by atoms with E-state index in [0.29, 0.717) is 27.2 Å². The van der Waals surface area contributed by atoms with Crippen LogP contribution in [0.25, 0.3) is 10.2 Å². The van der Waals surface area contributed by atoms with Crippen molar-refractivity contribution in [3.05, 3.63) is 31.3 Å². The van der Waals surface area contributed by atoms with Gasteiger partial charge in [0, 0.05) is 12.6 Å². The normalized spacial score (nSPS) is 14.9. The van der Waals surface area contributed by atoms with Crippen molar-refractivity contribution < 1.29 is 4.79 Å². The van der Waals surface area contributed by atoms with Crippen molar-refractivity contribution in [1.29, 1.82) is 0 Å². The molecule has 0 aliphatic heterocycles. The molecule has 20 heavy (non-hydrogen) atoms. The number of nitrogens with zero attached hydrogens (tertiary/aromatic N) is 2. The lowest BCUT2D eigenvalue weighted by molar-refractivity contribution is 0.112. The van der Waals surface area contributed by atoms with E-state index in [0.717, 1.165) is 25.5 Å². The van der Waals surface area contributed by atoms with Crippen LogP contribution in [0.2, 0.25) is 0 Å². The van der Waals surface area contributed by atoms with Gasteiger partial charge >= 0.3 is 5.69 Å². The Hall–Kier alpha value is -1.69. The predicted molar refractivity (Wildman–Crippen MR) is 79.0 cm³/mol. The highest BCUT2D eigenvalue weighted by atomic mass is 32.1. The molecule has 5 nitrogen and oxygen atoms in total. The summed E-state index contributed by atoms with van der Waals surface area (Å²) < 4.78 is 3.03. The molecule has 2 heterocycles. The second-order valence-electron chi connectivity index (χ2n) is 5.23. The topological polar surface area (TPSA) is 61.1 Å². The summed E-state index contributed by atoms with van der Waals surface area (Å²) in [5.41, 5.74) is 0.233. The Morgan fingerprint density at radius 2 is 2.05 bits per heavy atom. The van der Waals surface area contributed by atoms with Gasteiger partial charge in [0.05, 0.1) is 10.3 Å². The number of aryl methyl sites for hydroxylation is 2. The highest BCUT2D eigenvalue weighted by Crippen LogP contribution is 2.34. The minimum atomic E-state index is -0.235. The Morgan fingerprint density at radius 1 is 1.35 bits per heavy atom. The number of aromatic nitrogens is 2. The lowest BCUT2D eigenvalue weighted by Gasteiger charge is -2.10. The third-order valence-corrected chi connectivity index (χ3v) is 4.99. The maximum absolute atomic E-state index is 12.6. The molecule has 0 amide bonds. The van der Waals surface area contributed by atoms with Crippen LogP contribution in [0.5, 0.6) is 0 Å². The molecule has 0 aromatic carbocycles. The van der Waals surface area contributed by atoms with Crippen LogP contribution in [0.3, 0.4) is 0 Å². The minimum absolute atomic E-state index is 0.0430. The van der Waals surface area contributed by atoms with E-state index in [4.69, 9.17) is 0 Å². The average Bonchev–Trinajstić information content (AvgIpc) is 3.18. The number of aldehydes is 1. The van der Waals surface area contributed by atoms with Gasteiger partial charge in [0.2, 0.25) is 0 Å². The lowest BCUT2D eigenvalue weighted by atomic mass is 10.2. The third-order valence-electron chi connectivity index (χ3n) is 3.75. The number of carbonyl (C=O) groups is 1. The van der Waals surface area contributed by atoms with Crippen LogP contribution in [0.4, 0.5) is 0 Å². The van der Waals surface area contributed by atoms with Crippen molar-refractivity contribution in [2.75, 3.05) is 0 Å². The zero-order valence-electron chi connectivity index (χ0n) is 11.5. The van der Waals surface area contributed by atoms with Gasteiger partial charge in [-0.3, -0.25) is 18.7 Å². The molecule has 0 bridgehead atoms. The SMILES string of the molecule is CCCn1c(=O)n(C2CC2)c(=O)c2c(C)c(C=O)sc21. The van der Waals surface area contributed by atoms with Crippen LogP contribution in [0.1, 0.15) is 47.5 Å². The monoisotopic (exact) mass is 292 g/mol. The summed E-state index contributed by atoms with van der Waals surface area (Å²) in [6.45, 7) is 4.34. The van der Waals surface area contributed by atoms with Gasteiger partial charge in [0.1, 0.15) is 4.83 Å². The molecule has 0 saturated heterocycles. The summed E-state index contributed by atoms with van der Waals surface area (Å²) >= 11 is 1.24. The average molecular weight is 292 g/mol. The lowest BCUT2D eigenvalue weighted by Crippen LogP contribution is -2.39. The quantitative estimate of drug-likeness (QED) is 0.811. The first kappa shape index (κ1) is 13.3. The maximum atomic E-state index is 12.6. The van der Waals surface area contributed by atoms with Crippen molar-refractivity contribution in [2.24, 2.45) is 0 Å². The number of rotatable bonds is 4. The fourth-order valence-corrected chi connectivity index (χ4v) is 3.70. The summed E-state index contributed by atoms with van der Waals surface area (Å²) in [6, 6.07) is 0.0430. The number of carbonyl (C=O) groups excluding carboxylic acids is 1. The van der Waals surface area contributed by atoms with E-state index in [2.05, 4.69) is 0 Å². The summed E-state index contributed by atoms with van der Waals surface area (Å²) in [6.07, 6.45) is 3.35. The van der Waals surface area contributed by atoms with Gasteiger partial charge in [-0.2, -0.15) is 0 Å². The van der Waals surface area contributed by atoms with Gasteiger partial charge in [-0.05, 0) is 31.7 Å². The molecule has 3 rings (SSSR count). The fourth-order valence-electron chi connectivity index (χ4n) is 2.57. The van der Waals surface area contributed by atoms with Crippen LogP contribution in [0.15, 0.2) is 9.59 Å². The van der Waals surface area contributed by atoms with Crippen LogP contribution >= 0.6 is 11.3 Å². The predicted octanol–water partition coefficient (Wildman–Crippen LogP) is 2.09. The summed E-state index contributed by atoms with van der Waals surface area (Å²) in [7, 11) is 0. The fraction of sp³-hybridized carbons (Fsp3) is 0.500. The highest BCUT2D eigenvalue weighted by Gasteiger charge is 2.30. The second kappa shape index (κ2) is 4.70. The maximum Gasteiger partial charge on any atom is 0.332 e. The largest absolute Gasteiger partial charge is 0.332 e. The Labute approximate surface area is 119 Å². The molecule has 1 aliphatic carbocycles. The zero-order chi connectivity index (χ0) is 14.4. The van der Waals surface area contributed by atoms with Crippen LogP contribution in [0, 0.1) is 6.92 Å². The van der Waals surface area contributed by atoms with Gasteiger partial charge in [-0.25, -0.2) is 4.79 Å². The van der Waals surface area contributed by atoms with Crippen molar-refractivity contribution in [3.63, 3.8) is 0 Å². The Kier molecular flexibility index (Phi) is 3.12. The Morgan fingerprint density at radius 3 is 2.60 bits per heavy atom. The van der Waals surface area contributed by atoms with E-state index in [1.54, 1.807) is 11.5 Å². The summed E-state index contributed by atoms with van der Waals surface area (Å²) in [5.74, 6) is 0. The summed E-state index contributed by atoms with van der Waals surface area (Å²) in [4.78, 5) is 37.4. The Balaban J connectivity index is 2.48. The number of thiophene rings is 1. The first-order valence-electron chi connectivity index (χ1n) is 6.83. The molecule has 2 aromatic rings. The first-order valence-corrected chi connectivity index (χ1v) is 7.65. The molecule has 1 fully saturated rings. The molecule has 1 aliphatic rings. The third kappa shape index (κ3) is 1.78. The van der Waals surface area contributed by atoms with E-state index in [9.17, 15) is 14.4 Å². The molecule has 0 radical (unpaired) electrons. The van der Waals surface area contributed by atoms with Crippen molar-refractivity contribution in [1.82, 2.24) is 9.13 Å². The van der Waals surface area contributed by atoms with E-state index < -0.39 is 0 Å². The van der Waals surface area contributed by atoms with Gasteiger partial charge in [-0.15, -0.1) is 11.3 Å². The van der Waals surface area contributed by atoms with Gasteiger partial charge in [0.25, 0.3) is 5.56 Å². The molecule has 0 N–H and O–H groups in total. The smallest absolute Gasteiger partial charge is 0.297 e. The Bertz CT molecular complexity index is 808.